The molecule has 0 fully saturated rings. The van der Waals surface area contributed by atoms with Crippen molar-refractivity contribution in [3.8, 4) is 0 Å². The molecule has 0 amide bonds. The van der Waals surface area contributed by atoms with Crippen LogP contribution in [-0.4, -0.2) is 31.3 Å². The van der Waals surface area contributed by atoms with Gasteiger partial charge in [-0.25, -0.2) is 4.79 Å². The molecule has 132 valence electrons. The van der Waals surface area contributed by atoms with Gasteiger partial charge in [0.2, 0.25) is 0 Å². The van der Waals surface area contributed by atoms with E-state index in [2.05, 4.69) is 15.8 Å². The second-order valence-electron chi connectivity index (χ2n) is 5.33. The van der Waals surface area contributed by atoms with Crippen molar-refractivity contribution in [3.05, 3.63) is 47.5 Å². The van der Waals surface area contributed by atoms with Gasteiger partial charge in [-0.3, -0.25) is 0 Å². The Balaban J connectivity index is 2.08. The van der Waals surface area contributed by atoms with Crippen LogP contribution < -0.4 is 4.31 Å². The average molecular weight is 377 g/mol. The highest BCUT2D eigenvalue weighted by atomic mass is 32.2. The van der Waals surface area contributed by atoms with E-state index in [9.17, 15) is 4.79 Å². The number of para-hydroxylation sites is 1. The van der Waals surface area contributed by atoms with Crippen LogP contribution in [0.2, 0.25) is 0 Å². The number of benzene rings is 1. The van der Waals surface area contributed by atoms with Crippen molar-refractivity contribution in [1.29, 1.82) is 0 Å². The van der Waals surface area contributed by atoms with E-state index in [1.54, 1.807) is 37.3 Å². The topological polar surface area (TPSA) is 43.7 Å². The first-order valence-corrected chi connectivity index (χ1v) is 9.54. The highest BCUT2D eigenvalue weighted by Crippen LogP contribution is 2.36. The standard InChI is InChI=1S/C18H20N2O3S2/c1-4-23-18(21)15-11-13-7-5-8-14(17(13)20(15)12-22-3)19(2)25-16-9-6-10-24-16/h5-11H,4,12H2,1-3H3. The maximum atomic E-state index is 12.3. The third-order valence-corrected chi connectivity index (χ3v) is 5.66. The van der Waals surface area contributed by atoms with Crippen LogP contribution >= 0.6 is 23.3 Å². The van der Waals surface area contributed by atoms with E-state index in [4.69, 9.17) is 9.47 Å². The molecule has 25 heavy (non-hydrogen) atoms. The zero-order valence-electron chi connectivity index (χ0n) is 14.4. The Morgan fingerprint density at radius 1 is 1.32 bits per heavy atom. The van der Waals surface area contributed by atoms with E-state index in [1.807, 2.05) is 41.9 Å². The molecule has 0 aliphatic heterocycles. The zero-order valence-corrected chi connectivity index (χ0v) is 16.0. The molecule has 7 heteroatoms. The van der Waals surface area contributed by atoms with Crippen molar-refractivity contribution in [2.24, 2.45) is 0 Å². The van der Waals surface area contributed by atoms with E-state index < -0.39 is 0 Å². The number of anilines is 1. The number of ether oxygens (including phenoxy) is 2. The molecule has 0 aliphatic carbocycles. The van der Waals surface area contributed by atoms with Crippen LogP contribution in [0.3, 0.4) is 0 Å². The van der Waals surface area contributed by atoms with Crippen LogP contribution in [0.25, 0.3) is 10.9 Å². The molecule has 0 spiro atoms. The van der Waals surface area contributed by atoms with Gasteiger partial charge in [-0.15, -0.1) is 11.3 Å². The maximum absolute atomic E-state index is 12.3. The van der Waals surface area contributed by atoms with E-state index in [0.29, 0.717) is 12.3 Å². The molecule has 3 rings (SSSR count). The van der Waals surface area contributed by atoms with Crippen molar-refractivity contribution < 1.29 is 14.3 Å². The fourth-order valence-corrected chi connectivity index (χ4v) is 4.47. The van der Waals surface area contributed by atoms with Crippen LogP contribution in [0, 0.1) is 0 Å². The summed E-state index contributed by atoms with van der Waals surface area (Å²) < 4.78 is 15.7. The number of fused-ring (bicyclic) bond motifs is 1. The minimum absolute atomic E-state index is 0.284. The summed E-state index contributed by atoms with van der Waals surface area (Å²) >= 11 is 3.35. The first-order valence-electron chi connectivity index (χ1n) is 7.89. The summed E-state index contributed by atoms with van der Waals surface area (Å²) in [5.41, 5.74) is 2.48. The number of carbonyl (C=O) groups excluding carboxylic acids is 1. The number of hydrogen-bond acceptors (Lipinski definition) is 6. The zero-order chi connectivity index (χ0) is 17.8. The Labute approximate surface area is 155 Å². The third-order valence-electron chi connectivity index (χ3n) is 3.70. The highest BCUT2D eigenvalue weighted by Gasteiger charge is 2.20. The van der Waals surface area contributed by atoms with Gasteiger partial charge in [-0.1, -0.05) is 18.2 Å². The summed E-state index contributed by atoms with van der Waals surface area (Å²) in [6.45, 7) is 2.43. The van der Waals surface area contributed by atoms with Crippen LogP contribution in [0.4, 0.5) is 5.69 Å². The molecule has 2 aromatic heterocycles. The molecule has 0 atom stereocenters. The lowest BCUT2D eigenvalue weighted by atomic mass is 10.2. The van der Waals surface area contributed by atoms with Gasteiger partial charge in [0.05, 0.1) is 22.0 Å². The van der Waals surface area contributed by atoms with Crippen molar-refractivity contribution in [1.82, 2.24) is 4.57 Å². The number of thiophene rings is 1. The Morgan fingerprint density at radius 3 is 2.84 bits per heavy atom. The van der Waals surface area contributed by atoms with Crippen LogP contribution in [0.1, 0.15) is 17.4 Å². The smallest absolute Gasteiger partial charge is 0.355 e. The van der Waals surface area contributed by atoms with Crippen LogP contribution in [0.5, 0.6) is 0 Å². The normalized spacial score (nSPS) is 11.0. The molecular formula is C18H20N2O3S2. The van der Waals surface area contributed by atoms with Gasteiger partial charge in [0, 0.05) is 19.5 Å². The molecule has 0 saturated heterocycles. The minimum atomic E-state index is -0.338. The second kappa shape index (κ2) is 7.95. The minimum Gasteiger partial charge on any atom is -0.461 e. The Hall–Kier alpha value is -1.96. The highest BCUT2D eigenvalue weighted by molar-refractivity contribution is 8.02. The molecule has 1 aromatic carbocycles. The van der Waals surface area contributed by atoms with Crippen molar-refractivity contribution in [2.45, 2.75) is 17.9 Å². The molecule has 0 unspecified atom stereocenters. The molecular weight excluding hydrogens is 356 g/mol. The molecule has 5 nitrogen and oxygen atoms in total. The number of nitrogens with zero attached hydrogens (tertiary/aromatic N) is 2. The van der Waals surface area contributed by atoms with Gasteiger partial charge < -0.3 is 18.3 Å². The number of hydrogen-bond donors (Lipinski definition) is 0. The number of rotatable bonds is 7. The molecule has 0 radical (unpaired) electrons. The molecule has 2 heterocycles. The number of methoxy groups -OCH3 is 1. The number of carbonyl (C=O) groups is 1. The largest absolute Gasteiger partial charge is 0.461 e. The Kier molecular flexibility index (Phi) is 5.67. The monoisotopic (exact) mass is 376 g/mol. The van der Waals surface area contributed by atoms with Gasteiger partial charge in [-0.2, -0.15) is 0 Å². The van der Waals surface area contributed by atoms with Gasteiger partial charge in [0.25, 0.3) is 0 Å². The fraction of sp³-hybridized carbons (Fsp3) is 0.278. The lowest BCUT2D eigenvalue weighted by Gasteiger charge is -2.20. The molecule has 3 aromatic rings. The molecule has 0 saturated carbocycles. The first-order chi connectivity index (χ1) is 12.2. The maximum Gasteiger partial charge on any atom is 0.355 e. The predicted molar refractivity (Wildman–Crippen MR) is 103 cm³/mol. The third kappa shape index (κ3) is 3.68. The quantitative estimate of drug-likeness (QED) is 0.444. The summed E-state index contributed by atoms with van der Waals surface area (Å²) in [7, 11) is 3.64. The van der Waals surface area contributed by atoms with Gasteiger partial charge in [0.15, 0.2) is 0 Å². The lowest BCUT2D eigenvalue weighted by Crippen LogP contribution is -2.14. The predicted octanol–water partition coefficient (Wildman–Crippen LogP) is 4.63. The summed E-state index contributed by atoms with van der Waals surface area (Å²) in [4.78, 5) is 12.3. The van der Waals surface area contributed by atoms with Crippen molar-refractivity contribution in [3.63, 3.8) is 0 Å². The first kappa shape index (κ1) is 17.8. The van der Waals surface area contributed by atoms with Crippen LogP contribution in [-0.2, 0) is 16.2 Å². The van der Waals surface area contributed by atoms with E-state index in [1.165, 1.54) is 4.21 Å². The van der Waals surface area contributed by atoms with Crippen molar-refractivity contribution >= 4 is 45.8 Å². The van der Waals surface area contributed by atoms with Crippen LogP contribution in [0.15, 0.2) is 46.0 Å². The van der Waals surface area contributed by atoms with E-state index >= 15 is 0 Å². The number of esters is 1. The van der Waals surface area contributed by atoms with Gasteiger partial charge >= 0.3 is 5.97 Å². The van der Waals surface area contributed by atoms with Crippen molar-refractivity contribution in [2.75, 3.05) is 25.1 Å². The molecule has 0 N–H and O–H groups in total. The summed E-state index contributed by atoms with van der Waals surface area (Å²) in [5, 5.41) is 3.04. The SMILES string of the molecule is CCOC(=O)c1cc2cccc(N(C)Sc3cccs3)c2n1COC. The summed E-state index contributed by atoms with van der Waals surface area (Å²) in [6.07, 6.45) is 0. The van der Waals surface area contributed by atoms with E-state index in [0.717, 1.165) is 16.6 Å². The molecule has 0 bridgehead atoms. The lowest BCUT2D eigenvalue weighted by molar-refractivity contribution is 0.0496. The number of aromatic nitrogens is 1. The Bertz CT molecular complexity index is 859. The van der Waals surface area contributed by atoms with E-state index in [-0.39, 0.29) is 12.7 Å². The van der Waals surface area contributed by atoms with Gasteiger partial charge in [-0.05, 0) is 42.5 Å². The summed E-state index contributed by atoms with van der Waals surface area (Å²) in [6, 6.07) is 12.0. The fourth-order valence-electron chi connectivity index (χ4n) is 2.70. The van der Waals surface area contributed by atoms with Gasteiger partial charge in [0.1, 0.15) is 12.4 Å². The Morgan fingerprint density at radius 2 is 2.16 bits per heavy atom. The second-order valence-corrected chi connectivity index (χ2v) is 7.71. The summed E-state index contributed by atoms with van der Waals surface area (Å²) in [5.74, 6) is -0.338. The average Bonchev–Trinajstić information content (AvgIpc) is 3.23. The molecule has 0 aliphatic rings.